The summed E-state index contributed by atoms with van der Waals surface area (Å²) in [6.07, 6.45) is 2.47. The molecular weight excluding hydrogens is 518 g/mol. The van der Waals surface area contributed by atoms with Crippen LogP contribution in [0.25, 0.3) is 0 Å². The summed E-state index contributed by atoms with van der Waals surface area (Å²) >= 11 is 0. The Labute approximate surface area is 242 Å². The minimum Gasteiger partial charge on any atom is -0.508 e. The number of phenols is 1. The average molecular weight is 560 g/mol. The summed E-state index contributed by atoms with van der Waals surface area (Å²) in [6.45, 7) is 10.4. The monoisotopic (exact) mass is 559 g/mol. The summed E-state index contributed by atoms with van der Waals surface area (Å²) in [5.74, 6) is -0.190. The van der Waals surface area contributed by atoms with Gasteiger partial charge in [-0.05, 0) is 89.1 Å². The van der Waals surface area contributed by atoms with Gasteiger partial charge in [-0.3, -0.25) is 4.79 Å². The lowest BCUT2D eigenvalue weighted by Crippen LogP contribution is -2.46. The number of rotatable bonds is 6. The van der Waals surface area contributed by atoms with Crippen LogP contribution < -0.4 is 10.1 Å². The SMILES string of the molecule is COc1ccccc1C1CC(=O)C2=C(C1)NC(C)=C(C(=O)OCC1CC(C)(C)OC(C)(C)C1)C2c1cccc(O)c1. The lowest BCUT2D eigenvalue weighted by atomic mass is 9.71. The normalized spacial score (nSPS) is 24.0. The predicted octanol–water partition coefficient (Wildman–Crippen LogP) is 6.29. The van der Waals surface area contributed by atoms with Crippen LogP contribution in [0, 0.1) is 5.92 Å². The van der Waals surface area contributed by atoms with Crippen LogP contribution in [0.1, 0.15) is 83.3 Å². The number of aromatic hydroxyl groups is 1. The molecule has 0 bridgehead atoms. The molecule has 7 heteroatoms. The van der Waals surface area contributed by atoms with Gasteiger partial charge in [0.15, 0.2) is 5.78 Å². The van der Waals surface area contributed by atoms with Crippen molar-refractivity contribution in [3.63, 3.8) is 0 Å². The van der Waals surface area contributed by atoms with Crippen molar-refractivity contribution < 1.29 is 28.9 Å². The fraction of sp³-hybridized carbons (Fsp3) is 0.471. The van der Waals surface area contributed by atoms with Gasteiger partial charge in [0.2, 0.25) is 0 Å². The summed E-state index contributed by atoms with van der Waals surface area (Å²) < 4.78 is 17.8. The van der Waals surface area contributed by atoms with Gasteiger partial charge in [0.05, 0.1) is 30.5 Å². The van der Waals surface area contributed by atoms with Gasteiger partial charge in [-0.15, -0.1) is 0 Å². The number of Topliss-reactive ketones (excluding diaryl/α,β-unsaturated/α-hetero) is 1. The highest BCUT2D eigenvalue weighted by molar-refractivity contribution is 6.04. The first-order chi connectivity index (χ1) is 19.4. The van der Waals surface area contributed by atoms with Crippen LogP contribution in [-0.2, 0) is 19.1 Å². The molecule has 1 saturated heterocycles. The fourth-order valence-corrected chi connectivity index (χ4v) is 7.25. The molecule has 3 aliphatic rings. The molecular formula is C34H41NO6. The molecule has 0 radical (unpaired) electrons. The molecule has 41 heavy (non-hydrogen) atoms. The second kappa shape index (κ2) is 11.0. The third kappa shape index (κ3) is 6.05. The van der Waals surface area contributed by atoms with Gasteiger partial charge >= 0.3 is 5.97 Å². The molecule has 1 fully saturated rings. The maximum absolute atomic E-state index is 13.9. The molecule has 2 N–H and O–H groups in total. The molecule has 0 spiro atoms. The zero-order chi connectivity index (χ0) is 29.5. The molecule has 5 rings (SSSR count). The number of benzene rings is 2. The molecule has 2 heterocycles. The van der Waals surface area contributed by atoms with Crippen LogP contribution in [0.5, 0.6) is 11.5 Å². The maximum atomic E-state index is 13.9. The molecule has 2 aliphatic heterocycles. The van der Waals surface area contributed by atoms with Crippen LogP contribution >= 0.6 is 0 Å². The van der Waals surface area contributed by atoms with Gasteiger partial charge in [-0.25, -0.2) is 4.79 Å². The van der Waals surface area contributed by atoms with Crippen LogP contribution in [0.15, 0.2) is 71.1 Å². The van der Waals surface area contributed by atoms with E-state index in [9.17, 15) is 14.7 Å². The second-order valence-corrected chi connectivity index (χ2v) is 12.8. The number of para-hydroxylation sites is 1. The molecule has 2 aromatic rings. The van der Waals surface area contributed by atoms with E-state index in [2.05, 4.69) is 33.0 Å². The third-order valence-corrected chi connectivity index (χ3v) is 8.39. The van der Waals surface area contributed by atoms with Crippen LogP contribution in [0.2, 0.25) is 0 Å². The van der Waals surface area contributed by atoms with Crippen molar-refractivity contribution in [1.29, 1.82) is 0 Å². The topological polar surface area (TPSA) is 94.1 Å². The summed E-state index contributed by atoms with van der Waals surface area (Å²) in [5, 5.41) is 13.8. The zero-order valence-corrected chi connectivity index (χ0v) is 24.9. The zero-order valence-electron chi connectivity index (χ0n) is 24.9. The Morgan fingerprint density at radius 2 is 1.76 bits per heavy atom. The van der Waals surface area contributed by atoms with Gasteiger partial charge < -0.3 is 24.6 Å². The number of phenolic OH excluding ortho intramolecular Hbond substituents is 1. The fourth-order valence-electron chi connectivity index (χ4n) is 7.25. The molecule has 2 unspecified atom stereocenters. The van der Waals surface area contributed by atoms with Gasteiger partial charge in [0.1, 0.15) is 11.5 Å². The van der Waals surface area contributed by atoms with Gasteiger partial charge in [0, 0.05) is 35.2 Å². The number of esters is 1. The highest BCUT2D eigenvalue weighted by Gasteiger charge is 2.43. The number of ketones is 1. The maximum Gasteiger partial charge on any atom is 0.336 e. The summed E-state index contributed by atoms with van der Waals surface area (Å²) in [4.78, 5) is 27.7. The smallest absolute Gasteiger partial charge is 0.336 e. The largest absolute Gasteiger partial charge is 0.508 e. The van der Waals surface area contributed by atoms with E-state index < -0.39 is 11.9 Å². The number of carbonyl (C=O) groups is 2. The lowest BCUT2D eigenvalue weighted by Gasteiger charge is -2.45. The Bertz CT molecular complexity index is 1400. The molecule has 218 valence electrons. The summed E-state index contributed by atoms with van der Waals surface area (Å²) in [7, 11) is 1.64. The highest BCUT2D eigenvalue weighted by Crippen LogP contribution is 2.47. The number of hydrogen-bond acceptors (Lipinski definition) is 7. The molecule has 1 aliphatic carbocycles. The van der Waals surface area contributed by atoms with Gasteiger partial charge in [-0.1, -0.05) is 30.3 Å². The molecule has 7 nitrogen and oxygen atoms in total. The highest BCUT2D eigenvalue weighted by atomic mass is 16.5. The first kappa shape index (κ1) is 28.9. The van der Waals surface area contributed by atoms with Crippen LogP contribution in [0.4, 0.5) is 0 Å². The van der Waals surface area contributed by atoms with Crippen molar-refractivity contribution in [2.75, 3.05) is 13.7 Å². The van der Waals surface area contributed by atoms with Crippen LogP contribution in [-0.4, -0.2) is 41.8 Å². The van der Waals surface area contributed by atoms with Crippen molar-refractivity contribution in [1.82, 2.24) is 5.32 Å². The number of allylic oxidation sites excluding steroid dienone is 3. The summed E-state index contributed by atoms with van der Waals surface area (Å²) in [6, 6.07) is 14.6. The molecule has 0 amide bonds. The van der Waals surface area contributed by atoms with Gasteiger partial charge in [0.25, 0.3) is 0 Å². The Hall–Kier alpha value is -3.58. The third-order valence-electron chi connectivity index (χ3n) is 8.39. The molecule has 2 aromatic carbocycles. The van der Waals surface area contributed by atoms with E-state index in [1.807, 2.05) is 37.3 Å². The Kier molecular flexibility index (Phi) is 7.77. The van der Waals surface area contributed by atoms with E-state index in [0.29, 0.717) is 35.2 Å². The van der Waals surface area contributed by atoms with E-state index in [0.717, 1.165) is 29.9 Å². The number of methoxy groups -OCH3 is 1. The minimum absolute atomic E-state index is 0.0336. The lowest BCUT2D eigenvalue weighted by molar-refractivity contribution is -0.181. The number of ether oxygens (including phenoxy) is 3. The Morgan fingerprint density at radius 3 is 2.44 bits per heavy atom. The number of nitrogens with one attached hydrogen (secondary N) is 1. The molecule has 0 saturated carbocycles. The van der Waals surface area contributed by atoms with E-state index in [4.69, 9.17) is 14.2 Å². The van der Waals surface area contributed by atoms with E-state index in [1.165, 1.54) is 0 Å². The first-order valence-electron chi connectivity index (χ1n) is 14.4. The van der Waals surface area contributed by atoms with Crippen molar-refractivity contribution in [2.24, 2.45) is 5.92 Å². The van der Waals surface area contributed by atoms with E-state index in [1.54, 1.807) is 25.3 Å². The molecule has 2 atom stereocenters. The van der Waals surface area contributed by atoms with Crippen molar-refractivity contribution in [2.45, 2.75) is 83.3 Å². The van der Waals surface area contributed by atoms with Crippen molar-refractivity contribution in [3.8, 4) is 11.5 Å². The number of hydrogen-bond donors (Lipinski definition) is 2. The van der Waals surface area contributed by atoms with E-state index >= 15 is 0 Å². The number of carbonyl (C=O) groups excluding carboxylic acids is 2. The van der Waals surface area contributed by atoms with Gasteiger partial charge in [-0.2, -0.15) is 0 Å². The average Bonchev–Trinajstić information content (AvgIpc) is 2.89. The quantitative estimate of drug-likeness (QED) is 0.402. The summed E-state index contributed by atoms with van der Waals surface area (Å²) in [5.41, 5.74) is 3.47. The first-order valence-corrected chi connectivity index (χ1v) is 14.4. The molecule has 0 aromatic heterocycles. The van der Waals surface area contributed by atoms with Crippen LogP contribution in [0.3, 0.4) is 0 Å². The van der Waals surface area contributed by atoms with Crippen molar-refractivity contribution in [3.05, 3.63) is 82.2 Å². The Balaban J connectivity index is 1.46. The predicted molar refractivity (Wildman–Crippen MR) is 157 cm³/mol. The standard InChI is InChI=1S/C34H41NO6/c1-20-29(32(38)40-19-21-17-33(2,3)41-34(4,5)18-21)30(22-10-9-11-24(36)14-22)31-26(35-20)15-23(16-27(31)37)25-12-7-8-13-28(25)39-6/h7-14,21,23,30,35-36H,15-19H2,1-6H3. The Morgan fingerprint density at radius 1 is 1.05 bits per heavy atom. The van der Waals surface area contributed by atoms with E-state index in [-0.39, 0.29) is 41.2 Å². The second-order valence-electron chi connectivity index (χ2n) is 12.8. The number of dihydropyridines is 1. The minimum atomic E-state index is -0.639. The van der Waals surface area contributed by atoms with Crippen molar-refractivity contribution >= 4 is 11.8 Å².